The van der Waals surface area contributed by atoms with Gasteiger partial charge in [0.1, 0.15) is 5.69 Å². The van der Waals surface area contributed by atoms with Gasteiger partial charge in [0, 0.05) is 17.3 Å². The molecular weight excluding hydrogens is 528 g/mol. The predicted molar refractivity (Wildman–Crippen MR) is 123 cm³/mol. The molecular formula is C21H17Cl2F3N6O4. The van der Waals surface area contributed by atoms with Crippen LogP contribution >= 0.6 is 23.2 Å². The quantitative estimate of drug-likeness (QED) is 0.413. The molecule has 2 heterocycles. The Labute approximate surface area is 211 Å². The van der Waals surface area contributed by atoms with Crippen molar-refractivity contribution in [1.82, 2.24) is 25.6 Å². The molecule has 0 bridgehead atoms. The Morgan fingerprint density at radius 3 is 2.47 bits per heavy atom. The Morgan fingerprint density at radius 2 is 1.83 bits per heavy atom. The topological polar surface area (TPSA) is 127 Å². The molecule has 15 heteroatoms. The van der Waals surface area contributed by atoms with Crippen LogP contribution in [0, 0.1) is 6.92 Å². The summed E-state index contributed by atoms with van der Waals surface area (Å²) in [5.74, 6) is -1.92. The van der Waals surface area contributed by atoms with E-state index in [1.165, 1.54) is 37.4 Å². The normalized spacial score (nSPS) is 11.1. The van der Waals surface area contributed by atoms with Gasteiger partial charge in [-0.05, 0) is 36.8 Å². The highest BCUT2D eigenvalue weighted by Gasteiger charge is 2.37. The number of carbonyl (C=O) groups is 3. The molecule has 3 aromatic rings. The highest BCUT2D eigenvalue weighted by Crippen LogP contribution is 2.31. The standard InChI is InChI=1S/C21H17Cl2F3N6O4/c1-10-6-11(22)7-12(18(33)29-30-20(35)36-2)17(10)28-19(34)14-8-16(21(24,25)26)32(31-14)9-15-13(23)4-3-5-27-15/h3-8H,9H2,1-2H3,(H,28,34)(H,29,33)(H,30,35). The van der Waals surface area contributed by atoms with E-state index in [0.29, 0.717) is 16.3 Å². The smallest absolute Gasteiger partial charge is 0.433 e. The number of pyridine rings is 1. The molecule has 0 aliphatic rings. The molecule has 0 radical (unpaired) electrons. The van der Waals surface area contributed by atoms with Gasteiger partial charge in [0.25, 0.3) is 11.8 Å². The number of nitrogens with one attached hydrogen (secondary N) is 3. The molecule has 2 aromatic heterocycles. The van der Waals surface area contributed by atoms with E-state index in [2.05, 4.69) is 25.6 Å². The van der Waals surface area contributed by atoms with Crippen molar-refractivity contribution in [3.05, 3.63) is 74.8 Å². The zero-order chi connectivity index (χ0) is 26.6. The number of amides is 3. The summed E-state index contributed by atoms with van der Waals surface area (Å²) in [5.41, 5.74) is 2.42. The second kappa shape index (κ2) is 10.8. The van der Waals surface area contributed by atoms with Crippen LogP contribution in [-0.2, 0) is 17.5 Å². The lowest BCUT2D eigenvalue weighted by molar-refractivity contribution is -0.144. The number of rotatable bonds is 5. The van der Waals surface area contributed by atoms with Crippen molar-refractivity contribution in [1.29, 1.82) is 0 Å². The van der Waals surface area contributed by atoms with Gasteiger partial charge in [0.05, 0.1) is 35.6 Å². The fourth-order valence-electron chi connectivity index (χ4n) is 3.04. The minimum Gasteiger partial charge on any atom is -0.452 e. The molecule has 190 valence electrons. The second-order valence-corrected chi connectivity index (χ2v) is 8.02. The lowest BCUT2D eigenvalue weighted by Gasteiger charge is -2.14. The van der Waals surface area contributed by atoms with Crippen LogP contribution in [0.3, 0.4) is 0 Å². The molecule has 0 aliphatic carbocycles. The molecule has 0 atom stereocenters. The first kappa shape index (κ1) is 26.8. The van der Waals surface area contributed by atoms with Gasteiger partial charge >= 0.3 is 12.3 Å². The maximum Gasteiger partial charge on any atom is 0.433 e. The van der Waals surface area contributed by atoms with Crippen molar-refractivity contribution in [2.75, 3.05) is 12.4 Å². The average molecular weight is 545 g/mol. The Hall–Kier alpha value is -3.84. The Morgan fingerprint density at radius 1 is 1.11 bits per heavy atom. The number of hydrogen-bond acceptors (Lipinski definition) is 6. The van der Waals surface area contributed by atoms with E-state index < -0.39 is 42.0 Å². The van der Waals surface area contributed by atoms with Crippen LogP contribution in [0.2, 0.25) is 10.0 Å². The molecule has 0 saturated carbocycles. The third-order valence-corrected chi connectivity index (χ3v) is 5.25. The first-order valence-corrected chi connectivity index (χ1v) is 10.7. The fraction of sp³-hybridized carbons (Fsp3) is 0.190. The number of hydrazine groups is 1. The number of aromatic nitrogens is 3. The number of alkyl halides is 3. The molecule has 0 saturated heterocycles. The van der Waals surface area contributed by atoms with Crippen LogP contribution in [-0.4, -0.2) is 39.8 Å². The van der Waals surface area contributed by atoms with Crippen LogP contribution in [0.1, 0.15) is 37.8 Å². The molecule has 1 aromatic carbocycles. The van der Waals surface area contributed by atoms with Gasteiger partial charge in [0.15, 0.2) is 5.69 Å². The van der Waals surface area contributed by atoms with Gasteiger partial charge in [-0.3, -0.25) is 24.7 Å². The summed E-state index contributed by atoms with van der Waals surface area (Å²) in [4.78, 5) is 40.6. The molecule has 36 heavy (non-hydrogen) atoms. The SMILES string of the molecule is COC(=O)NNC(=O)c1cc(Cl)cc(C)c1NC(=O)c1cc(C(F)(F)F)n(Cc2ncccc2Cl)n1. The van der Waals surface area contributed by atoms with Gasteiger partial charge < -0.3 is 10.1 Å². The number of aryl methyl sites for hydroxylation is 1. The number of ether oxygens (including phenoxy) is 1. The molecule has 0 fully saturated rings. The van der Waals surface area contributed by atoms with E-state index in [1.807, 2.05) is 5.43 Å². The van der Waals surface area contributed by atoms with Gasteiger partial charge in [0.2, 0.25) is 0 Å². The summed E-state index contributed by atoms with van der Waals surface area (Å²) in [6.07, 6.45) is -4.45. The highest BCUT2D eigenvalue weighted by molar-refractivity contribution is 6.31. The number of halogens is 5. The average Bonchev–Trinajstić information content (AvgIpc) is 3.25. The lowest BCUT2D eigenvalue weighted by atomic mass is 10.1. The lowest BCUT2D eigenvalue weighted by Crippen LogP contribution is -2.41. The van der Waals surface area contributed by atoms with E-state index in [9.17, 15) is 27.6 Å². The maximum absolute atomic E-state index is 13.7. The molecule has 3 rings (SSSR count). The number of methoxy groups -OCH3 is 1. The van der Waals surface area contributed by atoms with Crippen molar-refractivity contribution >= 4 is 46.8 Å². The summed E-state index contributed by atoms with van der Waals surface area (Å²) < 4.78 is 45.9. The summed E-state index contributed by atoms with van der Waals surface area (Å²) in [7, 11) is 1.08. The van der Waals surface area contributed by atoms with Crippen LogP contribution in [0.15, 0.2) is 36.5 Å². The Bertz CT molecular complexity index is 1330. The minimum absolute atomic E-state index is 0.0653. The molecule has 3 N–H and O–H groups in total. The van der Waals surface area contributed by atoms with Crippen molar-refractivity contribution < 1.29 is 32.3 Å². The van der Waals surface area contributed by atoms with E-state index >= 15 is 0 Å². The van der Waals surface area contributed by atoms with E-state index in [-0.39, 0.29) is 27.0 Å². The zero-order valence-electron chi connectivity index (χ0n) is 18.5. The monoisotopic (exact) mass is 544 g/mol. The van der Waals surface area contributed by atoms with Gasteiger partial charge in [-0.25, -0.2) is 10.2 Å². The molecule has 0 aliphatic heterocycles. The van der Waals surface area contributed by atoms with Gasteiger partial charge in [-0.15, -0.1) is 0 Å². The summed E-state index contributed by atoms with van der Waals surface area (Å²) in [6.45, 7) is 1.06. The van der Waals surface area contributed by atoms with Crippen molar-refractivity contribution in [2.45, 2.75) is 19.6 Å². The van der Waals surface area contributed by atoms with Crippen molar-refractivity contribution in [2.24, 2.45) is 0 Å². The van der Waals surface area contributed by atoms with Gasteiger partial charge in [-0.2, -0.15) is 18.3 Å². The van der Waals surface area contributed by atoms with Crippen LogP contribution < -0.4 is 16.2 Å². The number of carbonyl (C=O) groups excluding carboxylic acids is 3. The minimum atomic E-state index is -4.84. The summed E-state index contributed by atoms with van der Waals surface area (Å²) in [6, 6.07) is 6.16. The first-order valence-electron chi connectivity index (χ1n) is 9.91. The number of benzene rings is 1. The van der Waals surface area contributed by atoms with Crippen LogP contribution in [0.4, 0.5) is 23.7 Å². The summed E-state index contributed by atoms with van der Waals surface area (Å²) in [5, 5.41) is 6.43. The molecule has 0 spiro atoms. The second-order valence-electron chi connectivity index (χ2n) is 7.17. The molecule has 0 unspecified atom stereocenters. The van der Waals surface area contributed by atoms with Crippen molar-refractivity contribution in [3.63, 3.8) is 0 Å². The molecule has 10 nitrogen and oxygen atoms in total. The predicted octanol–water partition coefficient (Wildman–Crippen LogP) is 4.21. The Balaban J connectivity index is 1.94. The number of hydrogen-bond donors (Lipinski definition) is 3. The highest BCUT2D eigenvalue weighted by atomic mass is 35.5. The third kappa shape index (κ3) is 6.23. The first-order chi connectivity index (χ1) is 16.9. The fourth-order valence-corrected chi connectivity index (χ4v) is 3.50. The largest absolute Gasteiger partial charge is 0.452 e. The van der Waals surface area contributed by atoms with E-state index in [0.717, 1.165) is 7.11 Å². The third-order valence-electron chi connectivity index (χ3n) is 4.68. The van der Waals surface area contributed by atoms with Crippen molar-refractivity contribution in [3.8, 4) is 0 Å². The maximum atomic E-state index is 13.7. The van der Waals surface area contributed by atoms with Gasteiger partial charge in [-0.1, -0.05) is 23.2 Å². The van der Waals surface area contributed by atoms with E-state index in [1.54, 1.807) is 0 Å². The summed E-state index contributed by atoms with van der Waals surface area (Å²) >= 11 is 12.0. The Kier molecular flexibility index (Phi) is 8.05. The zero-order valence-corrected chi connectivity index (χ0v) is 20.0. The number of anilines is 1. The van der Waals surface area contributed by atoms with Crippen LogP contribution in [0.5, 0.6) is 0 Å². The molecule has 3 amide bonds. The van der Waals surface area contributed by atoms with E-state index in [4.69, 9.17) is 23.2 Å². The number of nitrogens with zero attached hydrogens (tertiary/aromatic N) is 3. The van der Waals surface area contributed by atoms with Crippen LogP contribution in [0.25, 0.3) is 0 Å².